The van der Waals surface area contributed by atoms with Gasteiger partial charge in [0.15, 0.2) is 0 Å². The molecule has 4 rings (SSSR count). The number of carbonyl (C=O) groups excluding carboxylic acids is 1. The van der Waals surface area contributed by atoms with Gasteiger partial charge in [0, 0.05) is 50.5 Å². The van der Waals surface area contributed by atoms with E-state index in [4.69, 9.17) is 0 Å². The van der Waals surface area contributed by atoms with Crippen LogP contribution in [0.3, 0.4) is 0 Å². The third kappa shape index (κ3) is 4.51. The van der Waals surface area contributed by atoms with Gasteiger partial charge in [-0.3, -0.25) is 4.79 Å². The molecule has 1 saturated heterocycles. The summed E-state index contributed by atoms with van der Waals surface area (Å²) in [5.74, 6) is 1.44. The summed E-state index contributed by atoms with van der Waals surface area (Å²) < 4.78 is 0. The fraction of sp³-hybridized carbons (Fsp3) is 0.273. The van der Waals surface area contributed by atoms with Crippen molar-refractivity contribution < 1.29 is 4.79 Å². The predicted octanol–water partition coefficient (Wildman–Crippen LogP) is 3.14. The molecule has 1 aliphatic rings. The van der Waals surface area contributed by atoms with E-state index >= 15 is 0 Å². The quantitative estimate of drug-likeness (QED) is 0.724. The van der Waals surface area contributed by atoms with Gasteiger partial charge in [-0.25, -0.2) is 15.0 Å². The van der Waals surface area contributed by atoms with Crippen LogP contribution in [0.1, 0.15) is 22.8 Å². The maximum atomic E-state index is 12.8. The first-order chi connectivity index (χ1) is 14.2. The third-order valence-electron chi connectivity index (χ3n) is 5.05. The average molecular weight is 388 g/mol. The van der Waals surface area contributed by atoms with Crippen LogP contribution in [-0.4, -0.2) is 51.9 Å². The molecule has 0 unspecified atom stereocenters. The molecule has 0 radical (unpaired) electrons. The number of aromatic nitrogens is 3. The van der Waals surface area contributed by atoms with Crippen LogP contribution < -0.4 is 10.2 Å². The summed E-state index contributed by atoms with van der Waals surface area (Å²) in [4.78, 5) is 29.7. The Balaban J connectivity index is 1.34. The molecule has 3 heterocycles. The summed E-state index contributed by atoms with van der Waals surface area (Å²) in [6.07, 6.45) is 6.12. The van der Waals surface area contributed by atoms with Crippen molar-refractivity contribution in [1.29, 1.82) is 0 Å². The van der Waals surface area contributed by atoms with Crippen molar-refractivity contribution in [2.24, 2.45) is 0 Å². The number of carbonyl (C=O) groups is 1. The van der Waals surface area contributed by atoms with Gasteiger partial charge in [0.25, 0.3) is 5.91 Å². The van der Waals surface area contributed by atoms with Gasteiger partial charge in [0.1, 0.15) is 5.82 Å². The zero-order valence-electron chi connectivity index (χ0n) is 16.5. The summed E-state index contributed by atoms with van der Waals surface area (Å²) in [6.45, 7) is 4.85. The maximum absolute atomic E-state index is 12.8. The number of rotatable bonds is 5. The molecular formula is C22H24N6O. The first-order valence-corrected chi connectivity index (χ1v) is 9.86. The molecule has 0 bridgehead atoms. The molecule has 148 valence electrons. The second-order valence-corrected chi connectivity index (χ2v) is 6.94. The summed E-state index contributed by atoms with van der Waals surface area (Å²) in [5, 5.41) is 3.27. The van der Waals surface area contributed by atoms with Crippen LogP contribution >= 0.6 is 0 Å². The second-order valence-electron chi connectivity index (χ2n) is 6.94. The first-order valence-electron chi connectivity index (χ1n) is 9.86. The van der Waals surface area contributed by atoms with Crippen LogP contribution in [0.4, 0.5) is 17.5 Å². The highest BCUT2D eigenvalue weighted by atomic mass is 16.2. The monoisotopic (exact) mass is 388 g/mol. The highest BCUT2D eigenvalue weighted by Crippen LogP contribution is 2.17. The number of hydrogen-bond acceptors (Lipinski definition) is 6. The summed E-state index contributed by atoms with van der Waals surface area (Å²) in [5.41, 5.74) is 2.87. The van der Waals surface area contributed by atoms with Gasteiger partial charge >= 0.3 is 0 Å². The van der Waals surface area contributed by atoms with Crippen molar-refractivity contribution >= 4 is 23.4 Å². The number of benzene rings is 1. The maximum Gasteiger partial charge on any atom is 0.255 e. The molecule has 0 saturated carbocycles. The standard InChI is InChI=1S/C22H24N6O/c1-2-17-4-7-19(8-5-17)26-20-9-6-18(16-25-20)21(29)27-12-14-28(15-13-27)22-23-10-3-11-24-22/h3-11,16H,2,12-15H2,1H3,(H,25,26). The normalized spacial score (nSPS) is 14.0. The number of aryl methyl sites for hydroxylation is 1. The van der Waals surface area contributed by atoms with E-state index in [1.54, 1.807) is 24.7 Å². The summed E-state index contributed by atoms with van der Waals surface area (Å²) >= 11 is 0. The van der Waals surface area contributed by atoms with Gasteiger partial charge in [-0.05, 0) is 42.3 Å². The van der Waals surface area contributed by atoms with E-state index in [2.05, 4.69) is 44.2 Å². The fourth-order valence-electron chi connectivity index (χ4n) is 3.31. The van der Waals surface area contributed by atoms with Gasteiger partial charge in [-0.15, -0.1) is 0 Å². The Hall–Kier alpha value is -3.48. The molecule has 0 aliphatic carbocycles. The molecule has 1 aliphatic heterocycles. The molecular weight excluding hydrogens is 364 g/mol. The predicted molar refractivity (Wildman–Crippen MR) is 113 cm³/mol. The molecule has 1 fully saturated rings. The van der Waals surface area contributed by atoms with Crippen LogP contribution in [0, 0.1) is 0 Å². The van der Waals surface area contributed by atoms with Crippen molar-refractivity contribution in [2.45, 2.75) is 13.3 Å². The molecule has 29 heavy (non-hydrogen) atoms. The van der Waals surface area contributed by atoms with Gasteiger partial charge in [-0.1, -0.05) is 19.1 Å². The minimum Gasteiger partial charge on any atom is -0.340 e. The Morgan fingerprint density at radius 3 is 2.31 bits per heavy atom. The number of nitrogens with one attached hydrogen (secondary N) is 1. The van der Waals surface area contributed by atoms with E-state index in [0.717, 1.165) is 31.0 Å². The van der Waals surface area contributed by atoms with Crippen LogP contribution in [0.5, 0.6) is 0 Å². The molecule has 7 heteroatoms. The second kappa shape index (κ2) is 8.68. The average Bonchev–Trinajstić information content (AvgIpc) is 2.80. The van der Waals surface area contributed by atoms with Crippen molar-refractivity contribution in [3.63, 3.8) is 0 Å². The molecule has 7 nitrogen and oxygen atoms in total. The van der Waals surface area contributed by atoms with Crippen LogP contribution in [-0.2, 0) is 6.42 Å². The zero-order chi connectivity index (χ0) is 20.1. The lowest BCUT2D eigenvalue weighted by molar-refractivity contribution is 0.0746. The van der Waals surface area contributed by atoms with E-state index in [0.29, 0.717) is 24.6 Å². The van der Waals surface area contributed by atoms with E-state index < -0.39 is 0 Å². The third-order valence-corrected chi connectivity index (χ3v) is 5.05. The number of piperazine rings is 1. The molecule has 2 aromatic heterocycles. The Kier molecular flexibility index (Phi) is 5.65. The molecule has 0 atom stereocenters. The number of pyridine rings is 1. The van der Waals surface area contributed by atoms with Crippen molar-refractivity contribution in [3.05, 3.63) is 72.2 Å². The SMILES string of the molecule is CCc1ccc(Nc2ccc(C(=O)N3CCN(c4ncccn4)CC3)cn2)cc1. The number of nitrogens with zero attached hydrogens (tertiary/aromatic N) is 5. The lowest BCUT2D eigenvalue weighted by Gasteiger charge is -2.34. The highest BCUT2D eigenvalue weighted by molar-refractivity contribution is 5.94. The van der Waals surface area contributed by atoms with Crippen molar-refractivity contribution in [1.82, 2.24) is 19.9 Å². The molecule has 3 aromatic rings. The van der Waals surface area contributed by atoms with Gasteiger partial charge in [0.2, 0.25) is 5.95 Å². The number of anilines is 3. The number of amides is 1. The van der Waals surface area contributed by atoms with E-state index in [-0.39, 0.29) is 5.91 Å². The van der Waals surface area contributed by atoms with Crippen LogP contribution in [0.15, 0.2) is 61.1 Å². The van der Waals surface area contributed by atoms with Gasteiger partial charge in [0.05, 0.1) is 5.56 Å². The van der Waals surface area contributed by atoms with Gasteiger partial charge < -0.3 is 15.1 Å². The number of hydrogen-bond donors (Lipinski definition) is 1. The minimum absolute atomic E-state index is 0.00461. The Morgan fingerprint density at radius 2 is 1.69 bits per heavy atom. The first kappa shape index (κ1) is 18.9. The topological polar surface area (TPSA) is 74.2 Å². The smallest absolute Gasteiger partial charge is 0.255 e. The van der Waals surface area contributed by atoms with Crippen molar-refractivity contribution in [2.75, 3.05) is 36.4 Å². The fourth-order valence-corrected chi connectivity index (χ4v) is 3.31. The molecule has 0 spiro atoms. The molecule has 1 N–H and O–H groups in total. The van der Waals surface area contributed by atoms with Crippen LogP contribution in [0.2, 0.25) is 0 Å². The van der Waals surface area contributed by atoms with Crippen LogP contribution in [0.25, 0.3) is 0 Å². The molecule has 1 amide bonds. The van der Waals surface area contributed by atoms with E-state index in [1.165, 1.54) is 5.56 Å². The lowest BCUT2D eigenvalue weighted by Crippen LogP contribution is -2.49. The molecule has 1 aromatic carbocycles. The largest absolute Gasteiger partial charge is 0.340 e. The van der Waals surface area contributed by atoms with E-state index in [9.17, 15) is 4.79 Å². The Bertz CT molecular complexity index is 935. The summed E-state index contributed by atoms with van der Waals surface area (Å²) in [7, 11) is 0. The Morgan fingerprint density at radius 1 is 0.966 bits per heavy atom. The minimum atomic E-state index is 0.00461. The van der Waals surface area contributed by atoms with Crippen molar-refractivity contribution in [3.8, 4) is 0 Å². The van der Waals surface area contributed by atoms with E-state index in [1.807, 2.05) is 29.2 Å². The Labute approximate surface area is 170 Å². The lowest BCUT2D eigenvalue weighted by atomic mass is 10.1. The highest BCUT2D eigenvalue weighted by Gasteiger charge is 2.23. The summed E-state index contributed by atoms with van der Waals surface area (Å²) in [6, 6.07) is 13.7. The van der Waals surface area contributed by atoms with Gasteiger partial charge in [-0.2, -0.15) is 0 Å². The zero-order valence-corrected chi connectivity index (χ0v) is 16.5.